The van der Waals surface area contributed by atoms with E-state index in [-0.39, 0.29) is 12.2 Å². The third-order valence-electron chi connectivity index (χ3n) is 8.76. The first-order valence-electron chi connectivity index (χ1n) is 16.1. The normalized spacial score (nSPS) is 18.6. The van der Waals surface area contributed by atoms with E-state index in [1.807, 2.05) is 78.9 Å². The van der Waals surface area contributed by atoms with Crippen LogP contribution in [0.1, 0.15) is 40.2 Å². The molecule has 12 heteroatoms. The minimum atomic E-state index is -1.49. The molecule has 51 heavy (non-hydrogen) atoms. The Morgan fingerprint density at radius 1 is 0.765 bits per heavy atom. The zero-order valence-corrected chi connectivity index (χ0v) is 28.1. The summed E-state index contributed by atoms with van der Waals surface area (Å²) in [5, 5.41) is 11.6. The number of hydrogen-bond acceptors (Lipinski definition) is 10. The van der Waals surface area contributed by atoms with E-state index in [1.54, 1.807) is 32.4 Å². The summed E-state index contributed by atoms with van der Waals surface area (Å²) in [6.45, 7) is 0.893. The van der Waals surface area contributed by atoms with Crippen LogP contribution in [0.3, 0.4) is 0 Å². The number of methoxy groups -OCH3 is 2. The van der Waals surface area contributed by atoms with Gasteiger partial charge in [-0.25, -0.2) is 4.79 Å². The number of carbonyl (C=O) groups excluding carboxylic acids is 2. The number of aliphatic hydroxyl groups excluding tert-OH is 1. The smallest absolute Gasteiger partial charge is 0.340 e. The Hall–Kier alpha value is -5.82. The van der Waals surface area contributed by atoms with Crippen molar-refractivity contribution < 1.29 is 38.4 Å². The molecule has 6 rings (SSSR count). The molecule has 4 atom stereocenters. The highest BCUT2D eigenvalue weighted by Gasteiger charge is 2.49. The summed E-state index contributed by atoms with van der Waals surface area (Å²) in [6, 6.07) is 33.1. The summed E-state index contributed by atoms with van der Waals surface area (Å²) < 4.78 is 30.9. The molecule has 0 radical (unpaired) electrons. The highest BCUT2D eigenvalue weighted by Crippen LogP contribution is 2.43. The summed E-state index contributed by atoms with van der Waals surface area (Å²) in [6.07, 6.45) is -4.33. The summed E-state index contributed by atoms with van der Waals surface area (Å²) >= 11 is 0. The first-order valence-corrected chi connectivity index (χ1v) is 16.1. The zero-order chi connectivity index (χ0) is 36.1. The van der Waals surface area contributed by atoms with Crippen LogP contribution in [-0.2, 0) is 24.6 Å². The fourth-order valence-corrected chi connectivity index (χ4v) is 6.26. The standard InChI is InChI=1S/C39H36N2O10/c1-25(42)50-35-34(44)32(51-37(35)40-23-22-33(43)41(38(40)46)36(45)26-10-6-4-7-11-26)24-49-39(27-12-8-5-9-13-27,28-14-18-30(47-2)19-15-28)29-16-20-31(48-3)21-17-29/h4-23,32,34-35,37,44H,24H2,1-3H3/t32-,34-,35-,37-/m1/s1. The van der Waals surface area contributed by atoms with Gasteiger partial charge in [0, 0.05) is 24.8 Å². The summed E-state index contributed by atoms with van der Waals surface area (Å²) in [5.74, 6) is -0.329. The Kier molecular flexibility index (Phi) is 10.3. The molecule has 4 aromatic carbocycles. The number of hydrogen-bond donors (Lipinski definition) is 1. The van der Waals surface area contributed by atoms with Gasteiger partial charge in [-0.2, -0.15) is 4.57 Å². The lowest BCUT2D eigenvalue weighted by Crippen LogP contribution is -2.46. The lowest BCUT2D eigenvalue weighted by Gasteiger charge is -2.37. The van der Waals surface area contributed by atoms with E-state index < -0.39 is 53.3 Å². The molecular formula is C39H36N2O10. The highest BCUT2D eigenvalue weighted by molar-refractivity contribution is 5.95. The predicted molar refractivity (Wildman–Crippen MR) is 185 cm³/mol. The number of rotatable bonds is 11. The van der Waals surface area contributed by atoms with Gasteiger partial charge in [-0.3, -0.25) is 19.0 Å². The van der Waals surface area contributed by atoms with Crippen LogP contribution in [0.15, 0.2) is 131 Å². The second kappa shape index (κ2) is 15.0. The minimum absolute atomic E-state index is 0.110. The Morgan fingerprint density at radius 3 is 1.82 bits per heavy atom. The number of aromatic nitrogens is 2. The fraction of sp³-hybridized carbons (Fsp3) is 0.231. The molecule has 1 aliphatic rings. The van der Waals surface area contributed by atoms with Crippen LogP contribution in [0.4, 0.5) is 0 Å². The SMILES string of the molecule is COc1ccc(C(OC[C@H]2O[C@@H](n3ccc(=O)n(C(=O)c4ccccc4)c3=O)[C@H](OC(C)=O)[C@@H]2O)(c2ccccc2)c2ccc(OC)cc2)cc1. The number of benzene rings is 4. The molecule has 2 heterocycles. The largest absolute Gasteiger partial charge is 0.497 e. The Balaban J connectivity index is 1.41. The van der Waals surface area contributed by atoms with Crippen molar-refractivity contribution in [1.82, 2.24) is 9.13 Å². The van der Waals surface area contributed by atoms with Gasteiger partial charge in [0.05, 0.1) is 20.8 Å². The molecule has 12 nitrogen and oxygen atoms in total. The first kappa shape index (κ1) is 35.0. The van der Waals surface area contributed by atoms with Crippen molar-refractivity contribution in [3.05, 3.63) is 165 Å². The molecule has 1 fully saturated rings. The van der Waals surface area contributed by atoms with Gasteiger partial charge >= 0.3 is 11.7 Å². The van der Waals surface area contributed by atoms with Crippen LogP contribution >= 0.6 is 0 Å². The molecule has 0 saturated carbocycles. The lowest BCUT2D eigenvalue weighted by molar-refractivity contribution is -0.156. The summed E-state index contributed by atoms with van der Waals surface area (Å²) in [5.41, 5.74) is -0.862. The van der Waals surface area contributed by atoms with Gasteiger partial charge in [-0.15, -0.1) is 0 Å². The molecule has 1 saturated heterocycles. The molecule has 0 spiro atoms. The average molecular weight is 693 g/mol. The van der Waals surface area contributed by atoms with Crippen molar-refractivity contribution in [3.63, 3.8) is 0 Å². The molecule has 1 N–H and O–H groups in total. The Bertz CT molecular complexity index is 2050. The third-order valence-corrected chi connectivity index (χ3v) is 8.76. The van der Waals surface area contributed by atoms with Crippen molar-refractivity contribution in [3.8, 4) is 11.5 Å². The van der Waals surface area contributed by atoms with Gasteiger partial charge in [0.2, 0.25) is 0 Å². The van der Waals surface area contributed by atoms with E-state index in [1.165, 1.54) is 12.1 Å². The number of carbonyl (C=O) groups is 2. The monoisotopic (exact) mass is 692 g/mol. The Labute approximate surface area is 293 Å². The second-order valence-electron chi connectivity index (χ2n) is 11.8. The van der Waals surface area contributed by atoms with E-state index >= 15 is 0 Å². The third kappa shape index (κ3) is 6.84. The van der Waals surface area contributed by atoms with Crippen LogP contribution in [0.25, 0.3) is 0 Å². The molecule has 1 aromatic heterocycles. The molecule has 262 valence electrons. The van der Waals surface area contributed by atoms with E-state index in [0.29, 0.717) is 16.1 Å². The number of nitrogens with zero attached hydrogens (tertiary/aromatic N) is 2. The van der Waals surface area contributed by atoms with Crippen molar-refractivity contribution in [2.75, 3.05) is 20.8 Å². The van der Waals surface area contributed by atoms with Gasteiger partial charge in [-0.1, -0.05) is 72.8 Å². The number of ether oxygens (including phenoxy) is 5. The van der Waals surface area contributed by atoms with Gasteiger partial charge in [0.15, 0.2) is 12.3 Å². The van der Waals surface area contributed by atoms with E-state index in [9.17, 15) is 24.3 Å². The second-order valence-corrected chi connectivity index (χ2v) is 11.8. The van der Waals surface area contributed by atoms with E-state index in [2.05, 4.69) is 0 Å². The maximum absolute atomic E-state index is 13.8. The number of aliphatic hydroxyl groups is 1. The highest BCUT2D eigenvalue weighted by atomic mass is 16.6. The minimum Gasteiger partial charge on any atom is -0.497 e. The van der Waals surface area contributed by atoms with Gasteiger partial charge in [0.25, 0.3) is 11.5 Å². The fourth-order valence-electron chi connectivity index (χ4n) is 6.26. The molecule has 0 bridgehead atoms. The summed E-state index contributed by atoms with van der Waals surface area (Å²) in [4.78, 5) is 52.1. The average Bonchev–Trinajstić information content (AvgIpc) is 3.46. The zero-order valence-electron chi connectivity index (χ0n) is 28.1. The van der Waals surface area contributed by atoms with Crippen LogP contribution in [0.5, 0.6) is 11.5 Å². The van der Waals surface area contributed by atoms with Gasteiger partial charge in [-0.05, 0) is 53.1 Å². The van der Waals surface area contributed by atoms with Crippen LogP contribution in [0, 0.1) is 0 Å². The van der Waals surface area contributed by atoms with Crippen molar-refractivity contribution in [1.29, 1.82) is 0 Å². The molecule has 0 amide bonds. The maximum Gasteiger partial charge on any atom is 0.340 e. The molecule has 0 unspecified atom stereocenters. The lowest BCUT2D eigenvalue weighted by atomic mass is 9.80. The van der Waals surface area contributed by atoms with E-state index in [0.717, 1.165) is 40.4 Å². The van der Waals surface area contributed by atoms with E-state index in [4.69, 9.17) is 23.7 Å². The Morgan fingerprint density at radius 2 is 1.29 bits per heavy atom. The van der Waals surface area contributed by atoms with Gasteiger partial charge < -0.3 is 28.8 Å². The molecule has 1 aliphatic heterocycles. The predicted octanol–water partition coefficient (Wildman–Crippen LogP) is 3.91. The van der Waals surface area contributed by atoms with Crippen LogP contribution < -0.4 is 20.7 Å². The first-order chi connectivity index (χ1) is 24.7. The quantitative estimate of drug-likeness (QED) is 0.160. The topological polar surface area (TPSA) is 145 Å². The molecule has 5 aromatic rings. The van der Waals surface area contributed by atoms with Gasteiger partial charge in [0.1, 0.15) is 29.3 Å². The molecular weight excluding hydrogens is 656 g/mol. The van der Waals surface area contributed by atoms with Crippen molar-refractivity contribution >= 4 is 11.9 Å². The number of esters is 1. The van der Waals surface area contributed by atoms with Crippen LogP contribution in [-0.4, -0.2) is 65.3 Å². The maximum atomic E-state index is 13.8. The molecule has 0 aliphatic carbocycles. The van der Waals surface area contributed by atoms with Crippen molar-refractivity contribution in [2.24, 2.45) is 0 Å². The summed E-state index contributed by atoms with van der Waals surface area (Å²) in [7, 11) is 3.15. The van der Waals surface area contributed by atoms with Crippen molar-refractivity contribution in [2.45, 2.75) is 37.1 Å². The van der Waals surface area contributed by atoms with Crippen LogP contribution in [0.2, 0.25) is 0 Å².